The smallest absolute Gasteiger partial charge is 0.0995 e. The topological polar surface area (TPSA) is 56.9 Å². The lowest BCUT2D eigenvalue weighted by Crippen LogP contribution is -2.35. The molecule has 0 aliphatic rings. The van der Waals surface area contributed by atoms with Crippen molar-refractivity contribution in [1.82, 2.24) is 24.6 Å². The Balaban J connectivity index is 2.09. The number of hydrogen-bond donors (Lipinski definition) is 1. The van der Waals surface area contributed by atoms with E-state index in [0.29, 0.717) is 6.61 Å². The van der Waals surface area contributed by atoms with Crippen molar-refractivity contribution in [1.29, 1.82) is 0 Å². The second-order valence-electron chi connectivity index (χ2n) is 5.81. The van der Waals surface area contributed by atoms with Crippen LogP contribution in [0, 0.1) is 0 Å². The molecule has 0 radical (unpaired) electrons. The molecule has 0 atom stereocenters. The van der Waals surface area contributed by atoms with Gasteiger partial charge >= 0.3 is 0 Å². The van der Waals surface area contributed by atoms with Crippen molar-refractivity contribution in [3.63, 3.8) is 0 Å². The summed E-state index contributed by atoms with van der Waals surface area (Å²) in [5, 5.41) is 7.79. The van der Waals surface area contributed by atoms with E-state index in [-0.39, 0.29) is 5.54 Å². The lowest BCUT2D eigenvalue weighted by atomic mass is 10.1. The molecule has 2 rings (SSSR count). The van der Waals surface area contributed by atoms with E-state index in [1.165, 1.54) is 0 Å². The Morgan fingerprint density at radius 3 is 2.80 bits per heavy atom. The van der Waals surface area contributed by atoms with Crippen molar-refractivity contribution in [3.05, 3.63) is 30.6 Å². The van der Waals surface area contributed by atoms with Crippen molar-refractivity contribution in [2.24, 2.45) is 0 Å². The highest BCUT2D eigenvalue weighted by Gasteiger charge is 2.12. The van der Waals surface area contributed by atoms with Crippen molar-refractivity contribution in [2.45, 2.75) is 39.4 Å². The summed E-state index contributed by atoms with van der Waals surface area (Å²) in [5.74, 6) is 0. The van der Waals surface area contributed by atoms with Crippen molar-refractivity contribution < 1.29 is 4.74 Å². The van der Waals surface area contributed by atoms with Crippen LogP contribution in [0.2, 0.25) is 0 Å². The molecule has 0 amide bonds. The minimum Gasteiger partial charge on any atom is -0.383 e. The summed E-state index contributed by atoms with van der Waals surface area (Å²) < 4.78 is 8.98. The highest BCUT2D eigenvalue weighted by Crippen LogP contribution is 2.11. The van der Waals surface area contributed by atoms with E-state index in [4.69, 9.17) is 4.74 Å². The van der Waals surface area contributed by atoms with Gasteiger partial charge in [-0.05, 0) is 20.8 Å². The molecule has 0 unspecified atom stereocenters. The number of nitrogens with one attached hydrogen (secondary N) is 1. The van der Waals surface area contributed by atoms with Crippen LogP contribution in [0.15, 0.2) is 24.9 Å². The summed E-state index contributed by atoms with van der Waals surface area (Å²) in [5.41, 5.74) is 2.22. The van der Waals surface area contributed by atoms with Gasteiger partial charge in [0.1, 0.15) is 0 Å². The van der Waals surface area contributed by atoms with Gasteiger partial charge in [0, 0.05) is 31.6 Å². The fraction of sp³-hybridized carbons (Fsp3) is 0.571. The third kappa shape index (κ3) is 3.91. The molecule has 20 heavy (non-hydrogen) atoms. The molecule has 2 aromatic heterocycles. The summed E-state index contributed by atoms with van der Waals surface area (Å²) in [6.07, 6.45) is 7.54. The summed E-state index contributed by atoms with van der Waals surface area (Å²) in [7, 11) is 1.69. The van der Waals surface area contributed by atoms with Crippen molar-refractivity contribution >= 4 is 0 Å². The first-order valence-electron chi connectivity index (χ1n) is 6.77. The molecule has 2 aromatic rings. The predicted molar refractivity (Wildman–Crippen MR) is 77.8 cm³/mol. The molecule has 0 aliphatic heterocycles. The SMILES string of the molecule is COCCn1cc(-n2cncc2CNC(C)(C)C)cn1. The summed E-state index contributed by atoms with van der Waals surface area (Å²) in [6, 6.07) is 0. The van der Waals surface area contributed by atoms with E-state index in [9.17, 15) is 0 Å². The molecule has 1 N–H and O–H groups in total. The fourth-order valence-electron chi connectivity index (χ4n) is 1.83. The molecular formula is C14H23N5O. The van der Waals surface area contributed by atoms with Gasteiger partial charge in [0.05, 0.1) is 37.1 Å². The zero-order valence-corrected chi connectivity index (χ0v) is 12.6. The molecule has 0 aromatic carbocycles. The van der Waals surface area contributed by atoms with Crippen LogP contribution >= 0.6 is 0 Å². The fourth-order valence-corrected chi connectivity index (χ4v) is 1.83. The molecule has 6 nitrogen and oxygen atoms in total. The van der Waals surface area contributed by atoms with Gasteiger partial charge in [0.2, 0.25) is 0 Å². The zero-order chi connectivity index (χ0) is 14.6. The van der Waals surface area contributed by atoms with E-state index >= 15 is 0 Å². The number of methoxy groups -OCH3 is 1. The van der Waals surface area contributed by atoms with Crippen LogP contribution in [-0.4, -0.2) is 38.6 Å². The van der Waals surface area contributed by atoms with Gasteiger partial charge in [0.25, 0.3) is 0 Å². The first kappa shape index (κ1) is 14.7. The van der Waals surface area contributed by atoms with Gasteiger partial charge in [0.15, 0.2) is 0 Å². The molecule has 110 valence electrons. The Labute approximate surface area is 119 Å². The van der Waals surface area contributed by atoms with E-state index < -0.39 is 0 Å². The molecule has 0 spiro atoms. The highest BCUT2D eigenvalue weighted by atomic mass is 16.5. The maximum Gasteiger partial charge on any atom is 0.0995 e. The molecule has 0 saturated carbocycles. The van der Waals surface area contributed by atoms with E-state index in [1.54, 1.807) is 7.11 Å². The number of aromatic nitrogens is 4. The van der Waals surface area contributed by atoms with Gasteiger partial charge in [-0.15, -0.1) is 0 Å². The first-order chi connectivity index (χ1) is 9.49. The molecule has 0 bridgehead atoms. The van der Waals surface area contributed by atoms with Crippen LogP contribution in [0.5, 0.6) is 0 Å². The van der Waals surface area contributed by atoms with E-state index in [0.717, 1.165) is 24.5 Å². The van der Waals surface area contributed by atoms with Crippen LogP contribution in [0.3, 0.4) is 0 Å². The van der Waals surface area contributed by atoms with Gasteiger partial charge in [-0.3, -0.25) is 9.25 Å². The lowest BCUT2D eigenvalue weighted by molar-refractivity contribution is 0.183. The maximum absolute atomic E-state index is 5.06. The first-order valence-corrected chi connectivity index (χ1v) is 6.77. The predicted octanol–water partition coefficient (Wildman–Crippen LogP) is 1.60. The standard InChI is InChI=1S/C14H23N5O/c1-14(2,3)16-8-12-7-15-11-19(12)13-9-17-18(10-13)5-6-20-4/h7,9-11,16H,5-6,8H2,1-4H3. The Morgan fingerprint density at radius 2 is 2.10 bits per heavy atom. The molecule has 0 saturated heterocycles. The second kappa shape index (κ2) is 6.19. The number of nitrogens with zero attached hydrogens (tertiary/aromatic N) is 4. The van der Waals surface area contributed by atoms with Gasteiger partial charge < -0.3 is 10.1 Å². The molecule has 2 heterocycles. The zero-order valence-electron chi connectivity index (χ0n) is 12.6. The number of rotatable bonds is 6. The normalized spacial score (nSPS) is 12.0. The van der Waals surface area contributed by atoms with Crippen LogP contribution in [0.25, 0.3) is 5.69 Å². The Bertz CT molecular complexity index is 538. The molecule has 0 fully saturated rings. The van der Waals surface area contributed by atoms with Gasteiger partial charge in [-0.1, -0.05) is 0 Å². The number of hydrogen-bond acceptors (Lipinski definition) is 4. The van der Waals surface area contributed by atoms with Gasteiger partial charge in [-0.2, -0.15) is 5.10 Å². The second-order valence-corrected chi connectivity index (χ2v) is 5.81. The van der Waals surface area contributed by atoms with Crippen LogP contribution in [0.1, 0.15) is 26.5 Å². The quantitative estimate of drug-likeness (QED) is 0.871. The maximum atomic E-state index is 5.06. The highest BCUT2D eigenvalue weighted by molar-refractivity contribution is 5.28. The van der Waals surface area contributed by atoms with Crippen molar-refractivity contribution in [2.75, 3.05) is 13.7 Å². The number of imidazole rings is 1. The molecule has 6 heteroatoms. The largest absolute Gasteiger partial charge is 0.383 e. The minimum absolute atomic E-state index is 0.0811. The van der Waals surface area contributed by atoms with Crippen LogP contribution in [0.4, 0.5) is 0 Å². The third-order valence-corrected chi connectivity index (χ3v) is 2.94. The Hall–Kier alpha value is -1.66. The van der Waals surface area contributed by atoms with E-state index in [2.05, 4.69) is 40.7 Å². The average Bonchev–Trinajstić information content (AvgIpc) is 3.01. The Kier molecular flexibility index (Phi) is 4.57. The minimum atomic E-state index is 0.0811. The van der Waals surface area contributed by atoms with E-state index in [1.807, 2.05) is 29.6 Å². The monoisotopic (exact) mass is 277 g/mol. The van der Waals surface area contributed by atoms with Gasteiger partial charge in [-0.25, -0.2) is 4.98 Å². The van der Waals surface area contributed by atoms with Crippen LogP contribution in [-0.2, 0) is 17.8 Å². The number of ether oxygens (including phenoxy) is 1. The Morgan fingerprint density at radius 1 is 1.30 bits per heavy atom. The van der Waals surface area contributed by atoms with Crippen LogP contribution < -0.4 is 5.32 Å². The summed E-state index contributed by atoms with van der Waals surface area (Å²) >= 11 is 0. The molecule has 0 aliphatic carbocycles. The summed E-state index contributed by atoms with van der Waals surface area (Å²) in [6.45, 7) is 8.63. The summed E-state index contributed by atoms with van der Waals surface area (Å²) in [4.78, 5) is 4.23. The molecular weight excluding hydrogens is 254 g/mol. The third-order valence-electron chi connectivity index (χ3n) is 2.94. The van der Waals surface area contributed by atoms with Crippen molar-refractivity contribution in [3.8, 4) is 5.69 Å². The lowest BCUT2D eigenvalue weighted by Gasteiger charge is -2.20. The average molecular weight is 277 g/mol.